The molecule has 3 aromatic rings. The molecule has 0 aliphatic heterocycles. The van der Waals surface area contributed by atoms with Gasteiger partial charge in [0.25, 0.3) is 5.91 Å². The predicted molar refractivity (Wildman–Crippen MR) is 107 cm³/mol. The minimum absolute atomic E-state index is 0.0538. The average molecular weight is 385 g/mol. The van der Waals surface area contributed by atoms with Crippen molar-refractivity contribution >= 4 is 44.8 Å². The lowest BCUT2D eigenvalue weighted by Crippen LogP contribution is -2.37. The molecule has 2 heterocycles. The van der Waals surface area contributed by atoms with Gasteiger partial charge < -0.3 is 16.0 Å². The number of rotatable bonds is 4. The quantitative estimate of drug-likeness (QED) is 0.722. The summed E-state index contributed by atoms with van der Waals surface area (Å²) in [6.07, 6.45) is 7.66. The van der Waals surface area contributed by atoms with E-state index >= 15 is 0 Å². The molecule has 27 heavy (non-hydrogen) atoms. The Morgan fingerprint density at radius 3 is 2.85 bits per heavy atom. The molecule has 1 aliphatic rings. The van der Waals surface area contributed by atoms with E-state index in [0.717, 1.165) is 28.8 Å². The number of hydrogen-bond acceptors (Lipinski definition) is 5. The number of anilines is 1. The van der Waals surface area contributed by atoms with Crippen LogP contribution in [-0.4, -0.2) is 45.7 Å². The van der Waals surface area contributed by atoms with Crippen LogP contribution in [0.15, 0.2) is 24.4 Å². The first-order valence-electron chi connectivity index (χ1n) is 9.25. The Labute approximate surface area is 161 Å². The minimum atomic E-state index is -0.245. The number of nitrogens with one attached hydrogen (secondary N) is 1. The minimum Gasteiger partial charge on any atom is -0.338 e. The summed E-state index contributed by atoms with van der Waals surface area (Å²) in [7, 11) is 1.90. The fourth-order valence-corrected chi connectivity index (χ4v) is 4.69. The SMILES string of the molecule is CN(C(=O)c1cn2c(nc3ccc(NC(=O)CN)cc32)s1)C1CCCCC1. The van der Waals surface area contributed by atoms with Crippen LogP contribution in [0.2, 0.25) is 0 Å². The second-order valence-corrected chi connectivity index (χ2v) is 8.03. The number of aromatic nitrogens is 2. The standard InChI is InChI=1S/C19H23N5O2S/c1-23(13-5-3-2-4-6-13)18(26)16-11-24-15-9-12(21-17(25)10-20)7-8-14(15)22-19(24)27-16/h7-9,11,13H,2-6,10,20H2,1H3,(H,21,25). The van der Waals surface area contributed by atoms with Gasteiger partial charge >= 0.3 is 0 Å². The van der Waals surface area contributed by atoms with Gasteiger partial charge in [0.1, 0.15) is 4.88 Å². The molecule has 1 aliphatic carbocycles. The molecule has 1 fully saturated rings. The summed E-state index contributed by atoms with van der Waals surface area (Å²) in [5.74, 6) is -0.191. The topological polar surface area (TPSA) is 92.7 Å². The van der Waals surface area contributed by atoms with E-state index in [4.69, 9.17) is 5.73 Å². The van der Waals surface area contributed by atoms with Crippen molar-refractivity contribution in [3.8, 4) is 0 Å². The van der Waals surface area contributed by atoms with Gasteiger partial charge in [0.2, 0.25) is 5.91 Å². The highest BCUT2D eigenvalue weighted by atomic mass is 32.1. The predicted octanol–water partition coefficient (Wildman–Crippen LogP) is 2.85. The van der Waals surface area contributed by atoms with Gasteiger partial charge in [-0.2, -0.15) is 0 Å². The molecule has 2 aromatic heterocycles. The Hall–Kier alpha value is -2.45. The number of nitrogens with two attached hydrogens (primary N) is 1. The zero-order valence-electron chi connectivity index (χ0n) is 15.3. The van der Waals surface area contributed by atoms with Gasteiger partial charge in [0.05, 0.1) is 17.6 Å². The van der Waals surface area contributed by atoms with E-state index in [1.54, 1.807) is 6.07 Å². The van der Waals surface area contributed by atoms with Gasteiger partial charge in [0, 0.05) is 25.0 Å². The molecule has 0 bridgehead atoms. The summed E-state index contributed by atoms with van der Waals surface area (Å²) in [6, 6.07) is 5.84. The van der Waals surface area contributed by atoms with E-state index in [-0.39, 0.29) is 18.4 Å². The number of nitrogens with zero attached hydrogens (tertiary/aromatic N) is 3. The largest absolute Gasteiger partial charge is 0.338 e. The van der Waals surface area contributed by atoms with E-state index in [0.29, 0.717) is 16.6 Å². The van der Waals surface area contributed by atoms with Crippen molar-refractivity contribution in [2.75, 3.05) is 18.9 Å². The second-order valence-electron chi connectivity index (χ2n) is 7.02. The van der Waals surface area contributed by atoms with Crippen LogP contribution in [-0.2, 0) is 4.79 Å². The molecule has 0 saturated heterocycles. The molecule has 4 rings (SSSR count). The highest BCUT2D eigenvalue weighted by Crippen LogP contribution is 2.28. The van der Waals surface area contributed by atoms with E-state index < -0.39 is 0 Å². The summed E-state index contributed by atoms with van der Waals surface area (Å²) < 4.78 is 1.92. The van der Waals surface area contributed by atoms with Crippen LogP contribution >= 0.6 is 11.3 Å². The number of carbonyl (C=O) groups excluding carboxylic acids is 2. The molecule has 1 aromatic carbocycles. The lowest BCUT2D eigenvalue weighted by Gasteiger charge is -2.30. The lowest BCUT2D eigenvalue weighted by atomic mass is 9.94. The molecule has 2 amide bonds. The van der Waals surface area contributed by atoms with E-state index in [2.05, 4.69) is 10.3 Å². The van der Waals surface area contributed by atoms with Gasteiger partial charge in [-0.05, 0) is 31.0 Å². The number of hydrogen-bond donors (Lipinski definition) is 2. The number of benzene rings is 1. The smallest absolute Gasteiger partial charge is 0.265 e. The molecule has 0 unspecified atom stereocenters. The fourth-order valence-electron chi connectivity index (χ4n) is 3.71. The Morgan fingerprint density at radius 2 is 2.11 bits per heavy atom. The monoisotopic (exact) mass is 385 g/mol. The van der Waals surface area contributed by atoms with Crippen LogP contribution in [0.25, 0.3) is 16.0 Å². The van der Waals surface area contributed by atoms with Crippen molar-refractivity contribution in [2.24, 2.45) is 5.73 Å². The molecule has 0 radical (unpaired) electrons. The molecule has 8 heteroatoms. The van der Waals surface area contributed by atoms with Crippen molar-refractivity contribution in [1.29, 1.82) is 0 Å². The summed E-state index contributed by atoms with van der Waals surface area (Å²) in [4.78, 5) is 32.4. The van der Waals surface area contributed by atoms with Crippen LogP contribution in [0, 0.1) is 0 Å². The van der Waals surface area contributed by atoms with Crippen LogP contribution in [0.5, 0.6) is 0 Å². The van der Waals surface area contributed by atoms with Crippen molar-refractivity contribution in [3.63, 3.8) is 0 Å². The third kappa shape index (κ3) is 3.42. The molecule has 0 spiro atoms. The summed E-state index contributed by atoms with van der Waals surface area (Å²) in [6.45, 7) is -0.0650. The molecule has 0 atom stereocenters. The number of thiazole rings is 1. The number of imidazole rings is 1. The van der Waals surface area contributed by atoms with Crippen LogP contribution in [0.3, 0.4) is 0 Å². The van der Waals surface area contributed by atoms with Crippen molar-refractivity contribution in [2.45, 2.75) is 38.1 Å². The van der Waals surface area contributed by atoms with E-state index in [9.17, 15) is 9.59 Å². The Balaban J connectivity index is 1.64. The van der Waals surface area contributed by atoms with E-state index in [1.807, 2.05) is 34.7 Å². The van der Waals surface area contributed by atoms with E-state index in [1.165, 1.54) is 30.6 Å². The third-order valence-corrected chi connectivity index (χ3v) is 6.20. The Morgan fingerprint density at radius 1 is 1.33 bits per heavy atom. The summed E-state index contributed by atoms with van der Waals surface area (Å²) in [5.41, 5.74) is 7.71. The van der Waals surface area contributed by atoms with Crippen molar-refractivity contribution < 1.29 is 9.59 Å². The molecule has 7 nitrogen and oxygen atoms in total. The van der Waals surface area contributed by atoms with Gasteiger partial charge in [-0.3, -0.25) is 14.0 Å². The molecule has 1 saturated carbocycles. The third-order valence-electron chi connectivity index (χ3n) is 5.23. The first kappa shape index (κ1) is 17.9. The number of amides is 2. The maximum Gasteiger partial charge on any atom is 0.265 e. The molecular weight excluding hydrogens is 362 g/mol. The first-order valence-corrected chi connectivity index (χ1v) is 10.1. The lowest BCUT2D eigenvalue weighted by molar-refractivity contribution is -0.114. The van der Waals surface area contributed by atoms with Crippen LogP contribution in [0.4, 0.5) is 5.69 Å². The van der Waals surface area contributed by atoms with Crippen molar-refractivity contribution in [1.82, 2.24) is 14.3 Å². The summed E-state index contributed by atoms with van der Waals surface area (Å²) in [5, 5.41) is 2.75. The fraction of sp³-hybridized carbons (Fsp3) is 0.421. The van der Waals surface area contributed by atoms with Gasteiger partial charge in [-0.25, -0.2) is 4.98 Å². The first-order chi connectivity index (χ1) is 13.1. The molecule has 3 N–H and O–H groups in total. The van der Waals surface area contributed by atoms with Gasteiger partial charge in [-0.15, -0.1) is 0 Å². The molecule has 142 valence electrons. The maximum absolute atomic E-state index is 12.9. The van der Waals surface area contributed by atoms with Crippen LogP contribution < -0.4 is 11.1 Å². The zero-order chi connectivity index (χ0) is 19.0. The van der Waals surface area contributed by atoms with Gasteiger partial charge in [0.15, 0.2) is 4.96 Å². The second kappa shape index (κ2) is 7.28. The Bertz CT molecular complexity index is 1000. The Kier molecular flexibility index (Phi) is 4.84. The number of carbonyl (C=O) groups is 2. The average Bonchev–Trinajstić information content (AvgIpc) is 3.25. The zero-order valence-corrected chi connectivity index (χ0v) is 16.1. The molecular formula is C19H23N5O2S. The summed E-state index contributed by atoms with van der Waals surface area (Å²) >= 11 is 1.40. The van der Waals surface area contributed by atoms with Crippen molar-refractivity contribution in [3.05, 3.63) is 29.3 Å². The maximum atomic E-state index is 12.9. The number of fused-ring (bicyclic) bond motifs is 3. The normalized spacial score (nSPS) is 15.3. The highest BCUT2D eigenvalue weighted by molar-refractivity contribution is 7.18. The highest BCUT2D eigenvalue weighted by Gasteiger charge is 2.25. The van der Waals surface area contributed by atoms with Crippen LogP contribution in [0.1, 0.15) is 41.8 Å². The van der Waals surface area contributed by atoms with Gasteiger partial charge in [-0.1, -0.05) is 30.6 Å².